The van der Waals surface area contributed by atoms with Crippen LogP contribution < -0.4 is 0 Å². The monoisotopic (exact) mass is 303 g/mol. The number of hydrogen-bond acceptors (Lipinski definition) is 3. The Labute approximate surface area is 133 Å². The lowest BCUT2D eigenvalue weighted by molar-refractivity contribution is -0.246. The van der Waals surface area contributed by atoms with E-state index in [1.165, 1.54) is 31.2 Å². The van der Waals surface area contributed by atoms with Gasteiger partial charge in [0.05, 0.1) is 5.56 Å². The lowest BCUT2D eigenvalue weighted by atomic mass is 9.88. The second-order valence-electron chi connectivity index (χ2n) is 6.22. The summed E-state index contributed by atoms with van der Waals surface area (Å²) >= 11 is 0. The summed E-state index contributed by atoms with van der Waals surface area (Å²) in [6.45, 7) is 4.32. The minimum absolute atomic E-state index is 0.377. The Hall–Kier alpha value is -1.35. The number of hydrogen-bond donors (Lipinski definition) is 0. The molecule has 0 saturated heterocycles. The van der Waals surface area contributed by atoms with Crippen LogP contribution in [0.3, 0.4) is 0 Å². The zero-order valence-corrected chi connectivity index (χ0v) is 13.8. The van der Waals surface area contributed by atoms with E-state index >= 15 is 0 Å². The fourth-order valence-electron chi connectivity index (χ4n) is 2.81. The van der Waals surface area contributed by atoms with E-state index < -0.39 is 5.97 Å². The maximum Gasteiger partial charge on any atom is 0.373 e. The average molecular weight is 303 g/mol. The molecule has 1 aliphatic carbocycles. The zero-order chi connectivity index (χ0) is 15.8. The normalized spacial score (nSPS) is 19.1. The number of unbranched alkanes of at least 4 members (excludes halogenated alkanes) is 2. The van der Waals surface area contributed by atoms with Gasteiger partial charge in [0, 0.05) is 0 Å². The van der Waals surface area contributed by atoms with E-state index in [0.717, 1.165) is 31.8 Å². The zero-order valence-electron chi connectivity index (χ0n) is 13.8. The van der Waals surface area contributed by atoms with Crippen molar-refractivity contribution < 1.29 is 14.6 Å². The van der Waals surface area contributed by atoms with Gasteiger partial charge in [-0.05, 0) is 49.3 Å². The molecule has 1 aromatic carbocycles. The fourth-order valence-corrected chi connectivity index (χ4v) is 2.81. The Bertz CT molecular complexity index is 452. The summed E-state index contributed by atoms with van der Waals surface area (Å²) in [5.74, 6) is -0.0344. The van der Waals surface area contributed by atoms with E-state index in [0.29, 0.717) is 11.5 Å². The molecule has 1 atom stereocenters. The van der Waals surface area contributed by atoms with E-state index in [1.54, 1.807) is 0 Å². The number of rotatable bonds is 7. The summed E-state index contributed by atoms with van der Waals surface area (Å²) in [6, 6.07) is 7.65. The summed E-state index contributed by atoms with van der Waals surface area (Å²) in [6.07, 6.45) is 9.97. The van der Waals surface area contributed by atoms with Gasteiger partial charge in [0.2, 0.25) is 0 Å². The molecule has 1 fully saturated rings. The van der Waals surface area contributed by atoms with Crippen LogP contribution in [0.4, 0.5) is 0 Å². The van der Waals surface area contributed by atoms with Crippen LogP contribution in [0.2, 0.25) is 0 Å². The molecule has 0 aliphatic heterocycles. The molecule has 0 bridgehead atoms. The summed E-state index contributed by atoms with van der Waals surface area (Å²) in [5.41, 5.74) is 1.81. The van der Waals surface area contributed by atoms with Gasteiger partial charge in [0.25, 0.3) is 0 Å². The molecule has 121 valence electrons. The number of carbonyl (C=O) groups excluding carboxylic acids is 1. The maximum absolute atomic E-state index is 12.0. The van der Waals surface area contributed by atoms with Gasteiger partial charge in [0.15, 0.2) is 6.10 Å². The maximum atomic E-state index is 12.0. The molecule has 3 heteroatoms. The fraction of sp³-hybridized carbons (Fsp3) is 0.579. The van der Waals surface area contributed by atoms with Crippen LogP contribution in [0.15, 0.2) is 24.3 Å². The minimum atomic E-state index is -0.412. The van der Waals surface area contributed by atoms with Crippen molar-refractivity contribution in [2.24, 2.45) is 5.92 Å². The van der Waals surface area contributed by atoms with Crippen molar-refractivity contribution in [3.63, 3.8) is 0 Å². The highest BCUT2D eigenvalue weighted by atomic mass is 17.2. The van der Waals surface area contributed by atoms with Crippen LogP contribution in [0.25, 0.3) is 0 Å². The first-order valence-electron chi connectivity index (χ1n) is 8.54. The quantitative estimate of drug-likeness (QED) is 0.392. The van der Waals surface area contributed by atoms with Gasteiger partial charge in [-0.15, -0.1) is 0 Å². The molecule has 1 unspecified atom stereocenters. The largest absolute Gasteiger partial charge is 0.373 e. The Kier molecular flexibility index (Phi) is 6.91. The first-order chi connectivity index (χ1) is 10.7. The van der Waals surface area contributed by atoms with Crippen molar-refractivity contribution in [3.05, 3.63) is 41.5 Å². The van der Waals surface area contributed by atoms with Gasteiger partial charge in [-0.3, -0.25) is 4.89 Å². The predicted octanol–water partition coefficient (Wildman–Crippen LogP) is 5.25. The standard InChI is InChI=1S/C19H27O3/c1-3-4-5-9-16-11-13-17(14-12-16)19(20)22-21-18-10-7-6-8-15(18)2/h11-15H,3-10H2,1-2H3. The van der Waals surface area contributed by atoms with Crippen molar-refractivity contribution in [2.75, 3.05) is 0 Å². The van der Waals surface area contributed by atoms with Gasteiger partial charge in [0.1, 0.15) is 0 Å². The molecule has 0 amide bonds. The topological polar surface area (TPSA) is 35.5 Å². The second-order valence-corrected chi connectivity index (χ2v) is 6.22. The number of aryl methyl sites for hydroxylation is 1. The van der Waals surface area contributed by atoms with E-state index in [9.17, 15) is 4.79 Å². The summed E-state index contributed by atoms with van der Waals surface area (Å²) in [5, 5.41) is 0. The van der Waals surface area contributed by atoms with Gasteiger partial charge < -0.3 is 0 Å². The van der Waals surface area contributed by atoms with Crippen LogP contribution in [0.5, 0.6) is 0 Å². The van der Waals surface area contributed by atoms with Crippen LogP contribution in [0.1, 0.15) is 74.7 Å². The van der Waals surface area contributed by atoms with Crippen LogP contribution in [-0.2, 0) is 16.2 Å². The molecular weight excluding hydrogens is 276 g/mol. The molecule has 22 heavy (non-hydrogen) atoms. The third kappa shape index (κ3) is 5.13. The molecule has 0 spiro atoms. The van der Waals surface area contributed by atoms with Crippen LogP contribution in [0, 0.1) is 12.0 Å². The van der Waals surface area contributed by atoms with Gasteiger partial charge in [-0.2, -0.15) is 4.89 Å². The SMILES string of the molecule is CCCCCc1ccc(C(=O)OO[C]2CCCCC2C)cc1. The molecular formula is C19H27O3. The second kappa shape index (κ2) is 8.94. The highest BCUT2D eigenvalue weighted by molar-refractivity contribution is 5.88. The number of benzene rings is 1. The molecule has 1 aromatic rings. The summed E-state index contributed by atoms with van der Waals surface area (Å²) in [4.78, 5) is 22.3. The Morgan fingerprint density at radius 1 is 1.18 bits per heavy atom. The molecule has 0 heterocycles. The molecule has 1 saturated carbocycles. The molecule has 3 nitrogen and oxygen atoms in total. The third-order valence-electron chi connectivity index (χ3n) is 4.34. The van der Waals surface area contributed by atoms with Crippen molar-refractivity contribution in [1.29, 1.82) is 0 Å². The third-order valence-corrected chi connectivity index (χ3v) is 4.34. The first-order valence-corrected chi connectivity index (χ1v) is 8.54. The minimum Gasteiger partial charge on any atom is -0.292 e. The van der Waals surface area contributed by atoms with Crippen molar-refractivity contribution >= 4 is 5.97 Å². The molecule has 0 N–H and O–H groups in total. The predicted molar refractivity (Wildman–Crippen MR) is 87.0 cm³/mol. The molecule has 1 radical (unpaired) electrons. The lowest BCUT2D eigenvalue weighted by Gasteiger charge is -2.25. The van der Waals surface area contributed by atoms with Gasteiger partial charge >= 0.3 is 5.97 Å². The van der Waals surface area contributed by atoms with Crippen molar-refractivity contribution in [3.8, 4) is 0 Å². The Balaban J connectivity index is 1.79. The summed E-state index contributed by atoms with van der Waals surface area (Å²) in [7, 11) is 0. The smallest absolute Gasteiger partial charge is 0.292 e. The van der Waals surface area contributed by atoms with Crippen LogP contribution in [-0.4, -0.2) is 5.97 Å². The lowest BCUT2D eigenvalue weighted by Crippen LogP contribution is -2.19. The molecule has 0 aromatic heterocycles. The van der Waals surface area contributed by atoms with E-state index in [4.69, 9.17) is 9.78 Å². The summed E-state index contributed by atoms with van der Waals surface area (Å²) < 4.78 is 0. The van der Waals surface area contributed by atoms with E-state index in [2.05, 4.69) is 13.8 Å². The highest BCUT2D eigenvalue weighted by Gasteiger charge is 2.25. The van der Waals surface area contributed by atoms with E-state index in [1.807, 2.05) is 24.3 Å². The van der Waals surface area contributed by atoms with Gasteiger partial charge in [-0.1, -0.05) is 51.7 Å². The van der Waals surface area contributed by atoms with Crippen LogP contribution >= 0.6 is 0 Å². The highest BCUT2D eigenvalue weighted by Crippen LogP contribution is 2.32. The van der Waals surface area contributed by atoms with E-state index in [-0.39, 0.29) is 0 Å². The van der Waals surface area contributed by atoms with Gasteiger partial charge in [-0.25, -0.2) is 4.79 Å². The molecule has 2 rings (SSSR count). The average Bonchev–Trinajstić information content (AvgIpc) is 2.55. The molecule has 1 aliphatic rings. The van der Waals surface area contributed by atoms with Crippen molar-refractivity contribution in [1.82, 2.24) is 0 Å². The first kappa shape index (κ1) is 17.0. The number of carbonyl (C=O) groups is 1. The van der Waals surface area contributed by atoms with Crippen molar-refractivity contribution in [2.45, 2.75) is 65.2 Å². The Morgan fingerprint density at radius 3 is 2.64 bits per heavy atom. The Morgan fingerprint density at radius 2 is 1.95 bits per heavy atom.